The van der Waals surface area contributed by atoms with E-state index in [0.717, 1.165) is 5.56 Å². The Labute approximate surface area is 301 Å². The van der Waals surface area contributed by atoms with E-state index in [0.29, 0.717) is 37.9 Å². The second-order valence-electron chi connectivity index (χ2n) is 15.6. The maximum atomic E-state index is 13.4. The minimum Gasteiger partial charge on any atom is -0.460 e. The number of nitrogens with two attached hydrogens (primary N) is 1. The predicted molar refractivity (Wildman–Crippen MR) is 193 cm³/mol. The van der Waals surface area contributed by atoms with Gasteiger partial charge in [-0.25, -0.2) is 4.79 Å². The first kappa shape index (κ1) is 42.7. The molecule has 0 aromatic heterocycles. The minimum absolute atomic E-state index is 0.0802. The van der Waals surface area contributed by atoms with Gasteiger partial charge in [0.25, 0.3) is 0 Å². The Morgan fingerprint density at radius 3 is 2.10 bits per heavy atom. The normalized spacial score (nSPS) is 16.0. The lowest BCUT2D eigenvalue weighted by molar-refractivity contribution is -0.154. The molecule has 1 fully saturated rings. The number of anilines is 1. The number of hydrogen-bond donors (Lipinski definition) is 5. The van der Waals surface area contributed by atoms with E-state index in [1.54, 1.807) is 58.9 Å². The third kappa shape index (κ3) is 14.3. The fourth-order valence-electron chi connectivity index (χ4n) is 5.43. The lowest BCUT2D eigenvalue weighted by atomic mass is 9.80. The van der Waals surface area contributed by atoms with Crippen molar-refractivity contribution in [1.82, 2.24) is 20.9 Å². The molecule has 284 valence electrons. The van der Waals surface area contributed by atoms with Crippen LogP contribution >= 0.6 is 0 Å². The number of ether oxygens (including phenoxy) is 1. The lowest BCUT2D eigenvalue weighted by Gasteiger charge is -2.25. The number of rotatable bonds is 18. The molecule has 0 saturated carbocycles. The number of carbonyl (C=O) groups excluding carboxylic acids is 7. The molecule has 0 spiro atoms. The molecule has 2 rings (SSSR count). The highest BCUT2D eigenvalue weighted by molar-refractivity contribution is 6.04. The average molecular weight is 715 g/mol. The summed E-state index contributed by atoms with van der Waals surface area (Å²) in [6.07, 6.45) is 2.59. The van der Waals surface area contributed by atoms with Crippen LogP contribution in [0.15, 0.2) is 24.3 Å². The number of esters is 1. The van der Waals surface area contributed by atoms with Crippen molar-refractivity contribution in [3.8, 4) is 0 Å². The SMILES string of the molecule is CC(C)[C@H](NC(=O)CCCCCN1C(=O)CC(C(C)(C)C)C1=O)C(=O)NC(CCCNC(N)=O)C(=O)Nc1ccc(COC(=O)C(C)(C)C)cc1. The third-order valence-electron chi connectivity index (χ3n) is 8.65. The predicted octanol–water partition coefficient (Wildman–Crippen LogP) is 3.77. The molecule has 1 heterocycles. The fraction of sp³-hybridized carbons (Fsp3) is 0.649. The number of primary amides is 1. The van der Waals surface area contributed by atoms with Gasteiger partial charge >= 0.3 is 12.0 Å². The molecule has 1 aliphatic heterocycles. The second kappa shape index (κ2) is 19.2. The number of likely N-dealkylation sites (tertiary alicyclic amines) is 1. The van der Waals surface area contributed by atoms with E-state index in [1.807, 2.05) is 20.8 Å². The number of hydrogen-bond acceptors (Lipinski definition) is 8. The topological polar surface area (TPSA) is 206 Å². The van der Waals surface area contributed by atoms with E-state index < -0.39 is 35.3 Å². The number of urea groups is 1. The summed E-state index contributed by atoms with van der Waals surface area (Å²) < 4.78 is 5.34. The Bertz CT molecular complexity index is 1400. The number of benzene rings is 1. The van der Waals surface area contributed by atoms with E-state index >= 15 is 0 Å². The van der Waals surface area contributed by atoms with Crippen molar-refractivity contribution in [2.75, 3.05) is 18.4 Å². The fourth-order valence-corrected chi connectivity index (χ4v) is 5.43. The van der Waals surface area contributed by atoms with Crippen LogP contribution in [0.5, 0.6) is 0 Å². The van der Waals surface area contributed by atoms with Crippen molar-refractivity contribution < 1.29 is 38.3 Å². The van der Waals surface area contributed by atoms with E-state index in [9.17, 15) is 33.6 Å². The minimum atomic E-state index is -0.994. The van der Waals surface area contributed by atoms with Crippen molar-refractivity contribution in [2.24, 2.45) is 28.4 Å². The molecule has 51 heavy (non-hydrogen) atoms. The molecule has 6 N–H and O–H groups in total. The van der Waals surface area contributed by atoms with Gasteiger partial charge in [-0.3, -0.25) is 33.7 Å². The van der Waals surface area contributed by atoms with Crippen LogP contribution < -0.4 is 27.0 Å². The summed E-state index contributed by atoms with van der Waals surface area (Å²) in [7, 11) is 0. The molecule has 0 aliphatic carbocycles. The summed E-state index contributed by atoms with van der Waals surface area (Å²) >= 11 is 0. The van der Waals surface area contributed by atoms with Gasteiger partial charge in [0.1, 0.15) is 18.7 Å². The highest BCUT2D eigenvalue weighted by atomic mass is 16.5. The summed E-state index contributed by atoms with van der Waals surface area (Å²) in [4.78, 5) is 89.3. The van der Waals surface area contributed by atoms with Gasteiger partial charge in [-0.05, 0) is 75.5 Å². The summed E-state index contributed by atoms with van der Waals surface area (Å²) in [5.74, 6) is -2.60. The highest BCUT2D eigenvalue weighted by Crippen LogP contribution is 2.35. The lowest BCUT2D eigenvalue weighted by Crippen LogP contribution is -2.54. The van der Waals surface area contributed by atoms with Gasteiger partial charge in [0.15, 0.2) is 0 Å². The van der Waals surface area contributed by atoms with E-state index in [1.165, 1.54) is 4.90 Å². The van der Waals surface area contributed by atoms with Gasteiger partial charge in [0.05, 0.1) is 11.3 Å². The van der Waals surface area contributed by atoms with Gasteiger partial charge in [-0.15, -0.1) is 0 Å². The van der Waals surface area contributed by atoms with Gasteiger partial charge in [-0.2, -0.15) is 0 Å². The summed E-state index contributed by atoms with van der Waals surface area (Å²) in [5, 5.41) is 10.8. The quantitative estimate of drug-likeness (QED) is 0.0858. The van der Waals surface area contributed by atoms with Crippen LogP contribution in [0.25, 0.3) is 0 Å². The maximum Gasteiger partial charge on any atom is 0.312 e. The molecule has 2 unspecified atom stereocenters. The van der Waals surface area contributed by atoms with Gasteiger partial charge in [0, 0.05) is 31.6 Å². The Balaban J connectivity index is 1.95. The molecule has 1 saturated heterocycles. The maximum absolute atomic E-state index is 13.4. The smallest absolute Gasteiger partial charge is 0.312 e. The third-order valence-corrected chi connectivity index (χ3v) is 8.65. The molecule has 0 radical (unpaired) electrons. The van der Waals surface area contributed by atoms with Crippen molar-refractivity contribution in [1.29, 1.82) is 0 Å². The monoisotopic (exact) mass is 714 g/mol. The largest absolute Gasteiger partial charge is 0.460 e. The zero-order chi connectivity index (χ0) is 38.5. The van der Waals surface area contributed by atoms with Crippen LogP contribution in [0.2, 0.25) is 0 Å². The molecular formula is C37H58N6O8. The summed E-state index contributed by atoms with van der Waals surface area (Å²) in [5.41, 5.74) is 5.43. The van der Waals surface area contributed by atoms with Crippen LogP contribution in [0, 0.1) is 22.7 Å². The first-order valence-corrected chi connectivity index (χ1v) is 17.7. The molecular weight excluding hydrogens is 656 g/mol. The standard InChI is InChI=1S/C37H58N6O8/c1-23(2)30(42-28(44)14-10-9-11-20-43-29(45)21-26(33(43)48)36(3,4)5)32(47)41-27(13-12-19-39-35(38)50)31(46)40-25-17-15-24(16-18-25)22-51-34(49)37(6,7)8/h15-18,23,26-27,30H,9-14,19-22H2,1-8H3,(H,40,46)(H,41,47)(H,42,44)(H3,38,39,50)/t26?,27?,30-/m0/s1. The number of nitrogens with one attached hydrogen (secondary N) is 4. The summed E-state index contributed by atoms with van der Waals surface area (Å²) in [6, 6.07) is 4.14. The highest BCUT2D eigenvalue weighted by Gasteiger charge is 2.44. The van der Waals surface area contributed by atoms with E-state index in [2.05, 4.69) is 21.3 Å². The van der Waals surface area contributed by atoms with Crippen molar-refractivity contribution in [3.63, 3.8) is 0 Å². The van der Waals surface area contributed by atoms with Crippen LogP contribution in [-0.4, -0.2) is 71.6 Å². The second-order valence-corrected chi connectivity index (χ2v) is 15.6. The number of nitrogens with zero attached hydrogens (tertiary/aromatic N) is 1. The average Bonchev–Trinajstić information content (AvgIpc) is 3.32. The molecule has 0 bridgehead atoms. The Kier molecular flexibility index (Phi) is 16.1. The molecule has 14 heteroatoms. The molecule has 1 aromatic carbocycles. The number of imide groups is 1. The Hall–Kier alpha value is -4.49. The molecule has 7 amide bonds. The van der Waals surface area contributed by atoms with E-state index in [4.69, 9.17) is 10.5 Å². The number of amides is 7. The van der Waals surface area contributed by atoms with Gasteiger partial charge in [-0.1, -0.05) is 53.2 Å². The van der Waals surface area contributed by atoms with Crippen molar-refractivity contribution in [2.45, 2.75) is 119 Å². The number of carbonyl (C=O) groups is 7. The summed E-state index contributed by atoms with van der Waals surface area (Å²) in [6.45, 7) is 15.3. The molecule has 14 nitrogen and oxygen atoms in total. The molecule has 1 aromatic rings. The van der Waals surface area contributed by atoms with Crippen LogP contribution in [0.3, 0.4) is 0 Å². The van der Waals surface area contributed by atoms with Crippen LogP contribution in [0.1, 0.15) is 106 Å². The van der Waals surface area contributed by atoms with E-state index in [-0.39, 0.29) is 73.4 Å². The molecule has 1 aliphatic rings. The van der Waals surface area contributed by atoms with Crippen molar-refractivity contribution >= 4 is 47.2 Å². The first-order valence-electron chi connectivity index (χ1n) is 17.7. The van der Waals surface area contributed by atoms with Gasteiger partial charge in [0.2, 0.25) is 29.5 Å². The Morgan fingerprint density at radius 2 is 1.55 bits per heavy atom. The zero-order valence-electron chi connectivity index (χ0n) is 31.5. The molecule has 3 atom stereocenters. The first-order chi connectivity index (χ1) is 23.7. The van der Waals surface area contributed by atoms with Crippen molar-refractivity contribution in [3.05, 3.63) is 29.8 Å². The number of unbranched alkanes of at least 4 members (excludes halogenated alkanes) is 2. The zero-order valence-corrected chi connectivity index (χ0v) is 31.5. The van der Waals surface area contributed by atoms with Crippen LogP contribution in [-0.2, 0) is 40.1 Å². The Morgan fingerprint density at radius 1 is 0.902 bits per heavy atom. The van der Waals surface area contributed by atoms with Crippen LogP contribution in [0.4, 0.5) is 10.5 Å². The van der Waals surface area contributed by atoms with Gasteiger partial charge < -0.3 is 31.7 Å².